The van der Waals surface area contributed by atoms with E-state index in [-0.39, 0.29) is 11.6 Å². The SMILES string of the molecule is CC(C)(C)OC(=O)N1CCC2(CCCN2Cc2ccccc2Cl)CC1.Clc1ccccc1CN1CCCC12CCNCC2. The zero-order valence-electron chi connectivity index (χ0n) is 26.3. The number of rotatable bonds is 4. The minimum atomic E-state index is -0.435. The van der Waals surface area contributed by atoms with Crippen molar-refractivity contribution in [3.63, 3.8) is 0 Å². The van der Waals surface area contributed by atoms with Crippen LogP contribution in [0.15, 0.2) is 48.5 Å². The van der Waals surface area contributed by atoms with Crippen LogP contribution in [-0.2, 0) is 17.8 Å². The van der Waals surface area contributed by atoms with E-state index in [1.54, 1.807) is 0 Å². The molecule has 0 aromatic heterocycles. The van der Waals surface area contributed by atoms with E-state index in [4.69, 9.17) is 27.9 Å². The normalized spacial score (nSPS) is 22.0. The number of hydrogen-bond donors (Lipinski definition) is 1. The van der Waals surface area contributed by atoms with Gasteiger partial charge in [0, 0.05) is 47.3 Å². The van der Waals surface area contributed by atoms with Gasteiger partial charge in [-0.3, -0.25) is 9.80 Å². The van der Waals surface area contributed by atoms with Gasteiger partial charge in [-0.05, 0) is 122 Å². The van der Waals surface area contributed by atoms with Crippen molar-refractivity contribution in [2.75, 3.05) is 39.3 Å². The Balaban J connectivity index is 0.000000180. The second-order valence-electron chi connectivity index (χ2n) is 13.9. The predicted molar refractivity (Wildman–Crippen MR) is 177 cm³/mol. The number of hydrogen-bond acceptors (Lipinski definition) is 5. The highest BCUT2D eigenvalue weighted by Crippen LogP contribution is 2.40. The fraction of sp³-hybridized carbons (Fsp3) is 0.629. The third kappa shape index (κ3) is 8.07. The summed E-state index contributed by atoms with van der Waals surface area (Å²) in [5.74, 6) is 0. The minimum Gasteiger partial charge on any atom is -0.444 e. The maximum atomic E-state index is 12.3. The lowest BCUT2D eigenvalue weighted by molar-refractivity contribution is 0.00165. The van der Waals surface area contributed by atoms with Crippen molar-refractivity contribution in [3.8, 4) is 0 Å². The summed E-state index contributed by atoms with van der Waals surface area (Å²) >= 11 is 12.7. The molecule has 4 aliphatic rings. The van der Waals surface area contributed by atoms with E-state index in [9.17, 15) is 4.79 Å². The van der Waals surface area contributed by atoms with Gasteiger partial charge >= 0.3 is 6.09 Å². The van der Waals surface area contributed by atoms with Crippen LogP contribution in [0, 0.1) is 0 Å². The highest BCUT2D eigenvalue weighted by atomic mass is 35.5. The average Bonchev–Trinajstić information content (AvgIpc) is 3.54. The molecule has 0 bridgehead atoms. The van der Waals surface area contributed by atoms with Gasteiger partial charge < -0.3 is 15.0 Å². The van der Waals surface area contributed by atoms with Crippen LogP contribution in [0.3, 0.4) is 0 Å². The van der Waals surface area contributed by atoms with E-state index in [0.29, 0.717) is 5.54 Å². The van der Waals surface area contributed by atoms with Crippen molar-refractivity contribution < 1.29 is 9.53 Å². The highest BCUT2D eigenvalue weighted by Gasteiger charge is 2.44. The van der Waals surface area contributed by atoms with Gasteiger partial charge in [-0.15, -0.1) is 0 Å². The molecule has 4 aliphatic heterocycles. The molecule has 6 rings (SSSR count). The van der Waals surface area contributed by atoms with Crippen molar-refractivity contribution in [1.29, 1.82) is 0 Å². The summed E-state index contributed by atoms with van der Waals surface area (Å²) in [5.41, 5.74) is 2.69. The number of piperidine rings is 2. The molecule has 4 saturated heterocycles. The Hall–Kier alpha value is -1.83. The maximum Gasteiger partial charge on any atom is 0.410 e. The van der Waals surface area contributed by atoms with E-state index >= 15 is 0 Å². The lowest BCUT2D eigenvalue weighted by Gasteiger charge is -2.45. The molecule has 2 aromatic rings. The lowest BCUT2D eigenvalue weighted by Crippen LogP contribution is -2.53. The van der Waals surface area contributed by atoms with Crippen LogP contribution in [0.4, 0.5) is 4.79 Å². The number of benzene rings is 2. The first-order chi connectivity index (χ1) is 20.6. The summed E-state index contributed by atoms with van der Waals surface area (Å²) in [5, 5.41) is 5.23. The molecule has 6 nitrogen and oxygen atoms in total. The van der Waals surface area contributed by atoms with Crippen LogP contribution in [0.25, 0.3) is 0 Å². The van der Waals surface area contributed by atoms with Crippen LogP contribution in [0.1, 0.15) is 83.3 Å². The fourth-order valence-electron chi connectivity index (χ4n) is 7.60. The number of carbonyl (C=O) groups is 1. The van der Waals surface area contributed by atoms with Crippen LogP contribution in [0.2, 0.25) is 10.0 Å². The molecule has 2 aromatic carbocycles. The molecule has 0 aliphatic carbocycles. The standard InChI is InChI=1S/C20H29ClN2O2.C15H21ClN2/c1-19(2,3)25-18(24)22-13-10-20(11-14-22)9-6-12-23(20)15-16-7-4-5-8-17(16)21;16-14-5-2-1-4-13(14)12-18-11-3-6-15(18)7-9-17-10-8-15/h4-5,7-8H,6,9-15H2,1-3H3;1-2,4-5,17H,3,6-12H2. The Bertz CT molecular complexity index is 1220. The molecule has 4 heterocycles. The van der Waals surface area contributed by atoms with Crippen LogP contribution < -0.4 is 5.32 Å². The molecule has 8 heteroatoms. The molecule has 0 unspecified atom stereocenters. The molecule has 0 radical (unpaired) electrons. The zero-order chi connectivity index (χ0) is 30.5. The first-order valence-corrected chi connectivity index (χ1v) is 17.0. The van der Waals surface area contributed by atoms with Gasteiger partial charge in [0.1, 0.15) is 5.60 Å². The summed E-state index contributed by atoms with van der Waals surface area (Å²) in [6.45, 7) is 13.9. The fourth-order valence-corrected chi connectivity index (χ4v) is 7.99. The van der Waals surface area contributed by atoms with Crippen molar-refractivity contribution in [2.24, 2.45) is 0 Å². The van der Waals surface area contributed by atoms with Crippen molar-refractivity contribution in [2.45, 2.75) is 102 Å². The van der Waals surface area contributed by atoms with Gasteiger partial charge in [-0.1, -0.05) is 59.6 Å². The molecule has 1 amide bonds. The number of nitrogens with zero attached hydrogens (tertiary/aromatic N) is 3. The van der Waals surface area contributed by atoms with E-state index in [1.807, 2.05) is 49.9 Å². The molecule has 1 N–H and O–H groups in total. The summed E-state index contributed by atoms with van der Waals surface area (Å²) in [7, 11) is 0. The summed E-state index contributed by atoms with van der Waals surface area (Å²) in [4.78, 5) is 19.4. The molecule has 236 valence electrons. The van der Waals surface area contributed by atoms with Crippen molar-refractivity contribution >= 4 is 29.3 Å². The van der Waals surface area contributed by atoms with Gasteiger partial charge in [0.25, 0.3) is 0 Å². The zero-order valence-corrected chi connectivity index (χ0v) is 27.9. The first-order valence-electron chi connectivity index (χ1n) is 16.2. The lowest BCUT2D eigenvalue weighted by atomic mass is 9.85. The second-order valence-corrected chi connectivity index (χ2v) is 14.7. The van der Waals surface area contributed by atoms with E-state index in [1.165, 1.54) is 69.3 Å². The molecule has 43 heavy (non-hydrogen) atoms. The van der Waals surface area contributed by atoms with Gasteiger partial charge in [-0.2, -0.15) is 0 Å². The molecular formula is C35H50Cl2N4O2. The van der Waals surface area contributed by atoms with Gasteiger partial charge in [-0.25, -0.2) is 4.79 Å². The van der Waals surface area contributed by atoms with Gasteiger partial charge in [0.2, 0.25) is 0 Å². The Morgan fingerprint density at radius 1 is 0.744 bits per heavy atom. The number of amides is 1. The molecule has 0 atom stereocenters. The van der Waals surface area contributed by atoms with Crippen LogP contribution >= 0.6 is 23.2 Å². The van der Waals surface area contributed by atoms with Gasteiger partial charge in [0.05, 0.1) is 0 Å². The number of likely N-dealkylation sites (tertiary alicyclic amines) is 3. The smallest absolute Gasteiger partial charge is 0.410 e. The topological polar surface area (TPSA) is 48.1 Å². The number of halogens is 2. The monoisotopic (exact) mass is 628 g/mol. The first kappa shape index (κ1) is 32.6. The molecule has 4 fully saturated rings. The second kappa shape index (κ2) is 14.1. The number of ether oxygens (including phenoxy) is 1. The van der Waals surface area contributed by atoms with Crippen molar-refractivity contribution in [3.05, 3.63) is 69.7 Å². The Morgan fingerprint density at radius 3 is 1.67 bits per heavy atom. The van der Waals surface area contributed by atoms with Gasteiger partial charge in [0.15, 0.2) is 0 Å². The number of carbonyl (C=O) groups excluding carboxylic acids is 1. The third-order valence-corrected chi connectivity index (χ3v) is 10.7. The van der Waals surface area contributed by atoms with E-state index < -0.39 is 5.60 Å². The third-order valence-electron chi connectivity index (χ3n) is 10.0. The number of nitrogens with one attached hydrogen (secondary N) is 1. The molecule has 0 saturated carbocycles. The van der Waals surface area contributed by atoms with E-state index in [0.717, 1.165) is 55.6 Å². The summed E-state index contributed by atoms with van der Waals surface area (Å²) < 4.78 is 5.52. The Labute approximate surface area is 269 Å². The largest absolute Gasteiger partial charge is 0.444 e. The van der Waals surface area contributed by atoms with Crippen LogP contribution in [0.5, 0.6) is 0 Å². The average molecular weight is 630 g/mol. The predicted octanol–water partition coefficient (Wildman–Crippen LogP) is 7.76. The maximum absolute atomic E-state index is 12.3. The summed E-state index contributed by atoms with van der Waals surface area (Å²) in [6.07, 6.45) is 9.54. The minimum absolute atomic E-state index is 0.182. The van der Waals surface area contributed by atoms with E-state index in [2.05, 4.69) is 39.4 Å². The van der Waals surface area contributed by atoms with Crippen molar-refractivity contribution in [1.82, 2.24) is 20.0 Å². The Morgan fingerprint density at radius 2 is 1.21 bits per heavy atom. The quantitative estimate of drug-likeness (QED) is 0.375. The molecule has 2 spiro atoms. The molecular weight excluding hydrogens is 579 g/mol. The highest BCUT2D eigenvalue weighted by molar-refractivity contribution is 6.31. The Kier molecular flexibility index (Phi) is 10.7. The summed E-state index contributed by atoms with van der Waals surface area (Å²) in [6, 6.07) is 16.4. The van der Waals surface area contributed by atoms with Crippen LogP contribution in [-0.4, -0.2) is 76.7 Å².